The van der Waals surface area contributed by atoms with Gasteiger partial charge in [0.05, 0.1) is 0 Å². The normalized spacial score (nSPS) is 11.3. The third-order valence-electron chi connectivity index (χ3n) is 3.49. The minimum atomic E-state index is -0.103. The summed E-state index contributed by atoms with van der Waals surface area (Å²) < 4.78 is 0. The van der Waals surface area contributed by atoms with Gasteiger partial charge in [-0.3, -0.25) is 4.79 Å². The van der Waals surface area contributed by atoms with Crippen LogP contribution in [0.3, 0.4) is 0 Å². The number of alkyl halides is 1. The summed E-state index contributed by atoms with van der Waals surface area (Å²) in [7, 11) is 0. The molecule has 0 unspecified atom stereocenters. The topological polar surface area (TPSA) is 29.1 Å². The van der Waals surface area contributed by atoms with E-state index in [0.717, 1.165) is 12.8 Å². The zero-order valence-electron chi connectivity index (χ0n) is 10.8. The highest BCUT2D eigenvalue weighted by Crippen LogP contribution is 2.27. The number of carbonyl (C=O) groups excluding carboxylic acids is 1. The van der Waals surface area contributed by atoms with E-state index in [0.29, 0.717) is 23.0 Å². The maximum atomic E-state index is 12.0. The highest BCUT2D eigenvalue weighted by Gasteiger charge is 2.25. The standard InChI is InChI=1S/C14H19Cl2NO/c1-3-14(4-2,9-15)10-17-13(18)11-6-5-7-12(16)8-11/h5-8H,3-4,9-10H2,1-2H3,(H,17,18). The largest absolute Gasteiger partial charge is 0.351 e. The van der Waals surface area contributed by atoms with Gasteiger partial charge in [0.25, 0.3) is 5.91 Å². The van der Waals surface area contributed by atoms with Gasteiger partial charge in [-0.25, -0.2) is 0 Å². The Bertz CT molecular complexity index is 394. The fourth-order valence-electron chi connectivity index (χ4n) is 1.74. The Morgan fingerprint density at radius 1 is 1.33 bits per heavy atom. The molecule has 0 spiro atoms. The lowest BCUT2D eigenvalue weighted by molar-refractivity contribution is 0.0932. The first-order valence-electron chi connectivity index (χ1n) is 6.16. The number of nitrogens with one attached hydrogen (secondary N) is 1. The minimum absolute atomic E-state index is 0.0181. The van der Waals surface area contributed by atoms with Crippen LogP contribution >= 0.6 is 23.2 Å². The van der Waals surface area contributed by atoms with Crippen molar-refractivity contribution in [1.29, 1.82) is 0 Å². The van der Waals surface area contributed by atoms with Crippen LogP contribution in [0.15, 0.2) is 24.3 Å². The number of hydrogen-bond acceptors (Lipinski definition) is 1. The second-order valence-corrected chi connectivity index (χ2v) is 5.24. The maximum absolute atomic E-state index is 12.0. The highest BCUT2D eigenvalue weighted by atomic mass is 35.5. The molecule has 0 radical (unpaired) electrons. The summed E-state index contributed by atoms with van der Waals surface area (Å²) in [6.07, 6.45) is 1.89. The monoisotopic (exact) mass is 287 g/mol. The zero-order valence-corrected chi connectivity index (χ0v) is 12.3. The van der Waals surface area contributed by atoms with Crippen molar-refractivity contribution in [2.24, 2.45) is 5.41 Å². The summed E-state index contributed by atoms with van der Waals surface area (Å²) in [5, 5.41) is 3.50. The molecule has 1 amide bonds. The number of amides is 1. The molecule has 0 aromatic heterocycles. The number of benzene rings is 1. The van der Waals surface area contributed by atoms with Crippen LogP contribution < -0.4 is 5.32 Å². The van der Waals surface area contributed by atoms with E-state index in [1.807, 2.05) is 0 Å². The number of hydrogen-bond donors (Lipinski definition) is 1. The highest BCUT2D eigenvalue weighted by molar-refractivity contribution is 6.30. The van der Waals surface area contributed by atoms with E-state index in [1.165, 1.54) is 0 Å². The summed E-state index contributed by atoms with van der Waals surface area (Å²) in [6.45, 7) is 4.78. The van der Waals surface area contributed by atoms with E-state index in [9.17, 15) is 4.79 Å². The Hall–Kier alpha value is -0.730. The number of rotatable bonds is 6. The van der Waals surface area contributed by atoms with Gasteiger partial charge in [0.2, 0.25) is 0 Å². The van der Waals surface area contributed by atoms with E-state index in [4.69, 9.17) is 23.2 Å². The van der Waals surface area contributed by atoms with Crippen molar-refractivity contribution in [3.05, 3.63) is 34.9 Å². The molecule has 0 aliphatic heterocycles. The summed E-state index contributed by atoms with van der Waals surface area (Å²) in [5.41, 5.74) is 0.564. The van der Waals surface area contributed by atoms with Crippen LogP contribution in [0, 0.1) is 5.41 Å². The molecule has 0 aliphatic carbocycles. The van der Waals surface area contributed by atoms with Crippen LogP contribution in [0.5, 0.6) is 0 Å². The molecule has 0 saturated carbocycles. The minimum Gasteiger partial charge on any atom is -0.351 e. The molecule has 1 aromatic rings. The molecule has 0 fully saturated rings. The lowest BCUT2D eigenvalue weighted by Crippen LogP contribution is -2.38. The lowest BCUT2D eigenvalue weighted by Gasteiger charge is -2.29. The second kappa shape index (κ2) is 7.01. The predicted molar refractivity (Wildman–Crippen MR) is 77.5 cm³/mol. The molecule has 1 N–H and O–H groups in total. The summed E-state index contributed by atoms with van der Waals surface area (Å²) >= 11 is 11.9. The van der Waals surface area contributed by atoms with Gasteiger partial charge in [0, 0.05) is 28.4 Å². The van der Waals surface area contributed by atoms with Crippen molar-refractivity contribution in [3.8, 4) is 0 Å². The Morgan fingerprint density at radius 2 is 2.00 bits per heavy atom. The van der Waals surface area contributed by atoms with Gasteiger partial charge >= 0.3 is 0 Å². The summed E-state index contributed by atoms with van der Waals surface area (Å²) in [5.74, 6) is 0.449. The molecule has 0 bridgehead atoms. The van der Waals surface area contributed by atoms with Crippen molar-refractivity contribution in [1.82, 2.24) is 5.32 Å². The third-order valence-corrected chi connectivity index (χ3v) is 4.30. The van der Waals surface area contributed by atoms with Crippen LogP contribution in [-0.4, -0.2) is 18.3 Å². The Morgan fingerprint density at radius 3 is 2.50 bits per heavy atom. The van der Waals surface area contributed by atoms with Crippen molar-refractivity contribution >= 4 is 29.1 Å². The predicted octanol–water partition coefficient (Wildman–Crippen LogP) is 4.12. The summed E-state index contributed by atoms with van der Waals surface area (Å²) in [4.78, 5) is 12.0. The van der Waals surface area contributed by atoms with Gasteiger partial charge in [-0.1, -0.05) is 31.5 Å². The molecular formula is C14H19Cl2NO. The molecule has 100 valence electrons. The van der Waals surface area contributed by atoms with Crippen LogP contribution in [-0.2, 0) is 0 Å². The van der Waals surface area contributed by atoms with Crippen LogP contribution in [0.1, 0.15) is 37.0 Å². The van der Waals surface area contributed by atoms with Gasteiger partial charge in [-0.2, -0.15) is 0 Å². The first-order chi connectivity index (χ1) is 8.56. The first-order valence-corrected chi connectivity index (χ1v) is 7.08. The molecule has 0 aliphatic rings. The summed E-state index contributed by atoms with van der Waals surface area (Å²) in [6, 6.07) is 6.93. The molecule has 2 nitrogen and oxygen atoms in total. The van der Waals surface area contributed by atoms with Gasteiger partial charge < -0.3 is 5.32 Å². The van der Waals surface area contributed by atoms with Crippen molar-refractivity contribution < 1.29 is 4.79 Å². The molecule has 4 heteroatoms. The zero-order chi connectivity index (χ0) is 13.6. The molecule has 1 aromatic carbocycles. The van der Waals surface area contributed by atoms with E-state index in [-0.39, 0.29) is 11.3 Å². The third kappa shape index (κ3) is 3.89. The second-order valence-electron chi connectivity index (χ2n) is 4.53. The van der Waals surface area contributed by atoms with Crippen molar-refractivity contribution in [2.75, 3.05) is 12.4 Å². The van der Waals surface area contributed by atoms with Gasteiger partial charge in [-0.05, 0) is 31.0 Å². The quantitative estimate of drug-likeness (QED) is 0.784. The molecule has 0 heterocycles. The fourth-order valence-corrected chi connectivity index (χ4v) is 2.40. The molecule has 0 atom stereocenters. The van der Waals surface area contributed by atoms with Crippen molar-refractivity contribution in [2.45, 2.75) is 26.7 Å². The van der Waals surface area contributed by atoms with Gasteiger partial charge in [0.1, 0.15) is 0 Å². The number of carbonyl (C=O) groups is 1. The molecule has 18 heavy (non-hydrogen) atoms. The molecule has 0 saturated heterocycles. The number of halogens is 2. The first kappa shape index (κ1) is 15.3. The molecule has 1 rings (SSSR count). The van der Waals surface area contributed by atoms with Crippen LogP contribution in [0.2, 0.25) is 5.02 Å². The van der Waals surface area contributed by atoms with E-state index < -0.39 is 0 Å². The maximum Gasteiger partial charge on any atom is 0.251 e. The lowest BCUT2D eigenvalue weighted by atomic mass is 9.84. The van der Waals surface area contributed by atoms with Gasteiger partial charge in [-0.15, -0.1) is 11.6 Å². The average molecular weight is 288 g/mol. The van der Waals surface area contributed by atoms with Crippen LogP contribution in [0.4, 0.5) is 0 Å². The smallest absolute Gasteiger partial charge is 0.251 e. The van der Waals surface area contributed by atoms with E-state index in [1.54, 1.807) is 24.3 Å². The Kier molecular flexibility index (Phi) is 5.97. The Labute approximate surface area is 119 Å². The van der Waals surface area contributed by atoms with E-state index in [2.05, 4.69) is 19.2 Å². The molecular weight excluding hydrogens is 269 g/mol. The SMILES string of the molecule is CCC(CC)(CCl)CNC(=O)c1cccc(Cl)c1. The fraction of sp³-hybridized carbons (Fsp3) is 0.500. The Balaban J connectivity index is 2.66. The van der Waals surface area contributed by atoms with Crippen LogP contribution in [0.25, 0.3) is 0 Å². The van der Waals surface area contributed by atoms with E-state index >= 15 is 0 Å². The van der Waals surface area contributed by atoms with Gasteiger partial charge in [0.15, 0.2) is 0 Å². The average Bonchev–Trinajstić information content (AvgIpc) is 2.40. The van der Waals surface area contributed by atoms with Crippen molar-refractivity contribution in [3.63, 3.8) is 0 Å².